The number of carbonyl (C=O) groups excluding carboxylic acids is 1. The highest BCUT2D eigenvalue weighted by Crippen LogP contribution is 2.27. The lowest BCUT2D eigenvalue weighted by Gasteiger charge is -2.36. The van der Waals surface area contributed by atoms with E-state index in [4.69, 9.17) is 10.3 Å². The average molecular weight is 334 g/mol. The minimum absolute atomic E-state index is 0.135. The molecule has 1 aromatic heterocycles. The number of aryl methyl sites for hydroxylation is 1. The molecular weight excluding hydrogens is 304 g/mol. The van der Waals surface area contributed by atoms with Crippen LogP contribution in [0.1, 0.15) is 50.0 Å². The zero-order valence-corrected chi connectivity index (χ0v) is 14.7. The monoisotopic (exact) mass is 334 g/mol. The molecule has 1 aliphatic carbocycles. The van der Waals surface area contributed by atoms with Crippen LogP contribution in [0.15, 0.2) is 10.6 Å². The standard InChI is InChI=1S/C18H30N4O2/c1-14-11-16(24-20-14)13-21-7-9-22(10-8-21)18(23)17(19)12-15-5-3-2-4-6-15/h11,15,17H,2-10,12-13,19H2,1H3. The molecule has 0 aromatic carbocycles. The van der Waals surface area contributed by atoms with Crippen LogP contribution in [-0.4, -0.2) is 53.1 Å². The van der Waals surface area contributed by atoms with Crippen molar-refractivity contribution in [1.29, 1.82) is 0 Å². The first-order valence-electron chi connectivity index (χ1n) is 9.31. The van der Waals surface area contributed by atoms with E-state index in [9.17, 15) is 4.79 Å². The SMILES string of the molecule is Cc1cc(CN2CCN(C(=O)C(N)CC3CCCCC3)CC2)on1. The molecule has 1 amide bonds. The summed E-state index contributed by atoms with van der Waals surface area (Å²) < 4.78 is 5.27. The number of amides is 1. The summed E-state index contributed by atoms with van der Waals surface area (Å²) in [6.45, 7) is 5.92. The largest absolute Gasteiger partial charge is 0.360 e. The van der Waals surface area contributed by atoms with Gasteiger partial charge in [-0.15, -0.1) is 0 Å². The molecule has 0 radical (unpaired) electrons. The molecule has 0 bridgehead atoms. The van der Waals surface area contributed by atoms with Gasteiger partial charge in [-0.2, -0.15) is 0 Å². The van der Waals surface area contributed by atoms with Crippen LogP contribution in [0.4, 0.5) is 0 Å². The third-order valence-electron chi connectivity index (χ3n) is 5.37. The summed E-state index contributed by atoms with van der Waals surface area (Å²) in [5.74, 6) is 1.67. The predicted molar refractivity (Wildman–Crippen MR) is 92.3 cm³/mol. The van der Waals surface area contributed by atoms with Crippen LogP contribution in [0.3, 0.4) is 0 Å². The summed E-state index contributed by atoms with van der Waals surface area (Å²) in [4.78, 5) is 16.8. The number of rotatable bonds is 5. The van der Waals surface area contributed by atoms with Gasteiger partial charge in [-0.25, -0.2) is 0 Å². The van der Waals surface area contributed by atoms with E-state index < -0.39 is 0 Å². The Morgan fingerprint density at radius 1 is 1.29 bits per heavy atom. The van der Waals surface area contributed by atoms with Gasteiger partial charge >= 0.3 is 0 Å². The molecule has 1 aromatic rings. The fourth-order valence-electron chi connectivity index (χ4n) is 3.95. The number of hydrogen-bond donors (Lipinski definition) is 1. The summed E-state index contributed by atoms with van der Waals surface area (Å²) in [7, 11) is 0. The highest BCUT2D eigenvalue weighted by atomic mass is 16.5. The molecule has 1 saturated carbocycles. The number of carbonyl (C=O) groups is 1. The molecule has 6 heteroatoms. The van der Waals surface area contributed by atoms with E-state index in [0.29, 0.717) is 5.92 Å². The molecule has 0 spiro atoms. The van der Waals surface area contributed by atoms with Gasteiger partial charge in [-0.05, 0) is 19.3 Å². The molecule has 1 aliphatic heterocycles. The molecule has 2 heterocycles. The van der Waals surface area contributed by atoms with Crippen molar-refractivity contribution in [2.75, 3.05) is 26.2 Å². The smallest absolute Gasteiger partial charge is 0.239 e. The lowest BCUT2D eigenvalue weighted by atomic mass is 9.84. The maximum absolute atomic E-state index is 12.6. The van der Waals surface area contributed by atoms with Gasteiger partial charge < -0.3 is 15.2 Å². The highest BCUT2D eigenvalue weighted by molar-refractivity contribution is 5.81. The van der Waals surface area contributed by atoms with Crippen molar-refractivity contribution in [1.82, 2.24) is 15.0 Å². The van der Waals surface area contributed by atoms with E-state index in [1.807, 2.05) is 17.9 Å². The second-order valence-corrected chi connectivity index (χ2v) is 7.38. The third-order valence-corrected chi connectivity index (χ3v) is 5.37. The van der Waals surface area contributed by atoms with E-state index in [-0.39, 0.29) is 11.9 Å². The Balaban J connectivity index is 1.42. The molecular formula is C18H30N4O2. The number of nitrogens with two attached hydrogens (primary N) is 1. The number of aromatic nitrogens is 1. The molecule has 1 unspecified atom stereocenters. The first-order valence-corrected chi connectivity index (χ1v) is 9.31. The van der Waals surface area contributed by atoms with Crippen molar-refractivity contribution in [3.05, 3.63) is 17.5 Å². The first-order chi connectivity index (χ1) is 11.6. The van der Waals surface area contributed by atoms with Crippen molar-refractivity contribution < 1.29 is 9.32 Å². The van der Waals surface area contributed by atoms with Crippen molar-refractivity contribution in [3.63, 3.8) is 0 Å². The minimum atomic E-state index is -0.323. The Morgan fingerprint density at radius 2 is 2.00 bits per heavy atom. The van der Waals surface area contributed by atoms with Crippen LogP contribution in [0.25, 0.3) is 0 Å². The van der Waals surface area contributed by atoms with Crippen molar-refractivity contribution in [3.8, 4) is 0 Å². The van der Waals surface area contributed by atoms with Gasteiger partial charge in [0.1, 0.15) is 0 Å². The summed E-state index contributed by atoms with van der Waals surface area (Å²) in [5.41, 5.74) is 7.12. The second-order valence-electron chi connectivity index (χ2n) is 7.38. The van der Waals surface area contributed by atoms with Crippen molar-refractivity contribution >= 4 is 5.91 Å². The summed E-state index contributed by atoms with van der Waals surface area (Å²) in [6.07, 6.45) is 7.27. The van der Waals surface area contributed by atoms with E-state index in [0.717, 1.165) is 50.6 Å². The van der Waals surface area contributed by atoms with Crippen LogP contribution >= 0.6 is 0 Å². The Morgan fingerprint density at radius 3 is 2.62 bits per heavy atom. The molecule has 134 valence electrons. The molecule has 2 fully saturated rings. The Bertz CT molecular complexity index is 531. The van der Waals surface area contributed by atoms with Gasteiger partial charge in [0.25, 0.3) is 0 Å². The summed E-state index contributed by atoms with van der Waals surface area (Å²) in [6, 6.07) is 1.65. The lowest BCUT2D eigenvalue weighted by Crippen LogP contribution is -2.53. The van der Waals surface area contributed by atoms with Crippen molar-refractivity contribution in [2.45, 2.75) is 58.0 Å². The third kappa shape index (κ3) is 4.57. The van der Waals surface area contributed by atoms with Gasteiger partial charge in [0.15, 0.2) is 5.76 Å². The topological polar surface area (TPSA) is 75.6 Å². The maximum atomic E-state index is 12.6. The molecule has 3 rings (SSSR count). The Hall–Kier alpha value is -1.40. The fraction of sp³-hybridized carbons (Fsp3) is 0.778. The molecule has 6 nitrogen and oxygen atoms in total. The quantitative estimate of drug-likeness (QED) is 0.890. The number of hydrogen-bond acceptors (Lipinski definition) is 5. The zero-order chi connectivity index (χ0) is 16.9. The minimum Gasteiger partial charge on any atom is -0.360 e. The normalized spacial score (nSPS) is 21.8. The molecule has 1 atom stereocenters. The van der Waals surface area contributed by atoms with Crippen LogP contribution < -0.4 is 5.73 Å². The van der Waals surface area contributed by atoms with Gasteiger partial charge in [-0.1, -0.05) is 37.3 Å². The van der Waals surface area contributed by atoms with E-state index >= 15 is 0 Å². The van der Waals surface area contributed by atoms with Crippen LogP contribution in [-0.2, 0) is 11.3 Å². The van der Waals surface area contributed by atoms with Crippen LogP contribution in [0, 0.1) is 12.8 Å². The molecule has 2 N–H and O–H groups in total. The number of nitrogens with zero attached hydrogens (tertiary/aromatic N) is 3. The van der Waals surface area contributed by atoms with E-state index in [1.54, 1.807) is 0 Å². The highest BCUT2D eigenvalue weighted by Gasteiger charge is 2.28. The van der Waals surface area contributed by atoms with Gasteiger partial charge in [-0.3, -0.25) is 9.69 Å². The van der Waals surface area contributed by atoms with Crippen molar-refractivity contribution in [2.24, 2.45) is 11.7 Å². The Labute approximate surface area is 144 Å². The van der Waals surface area contributed by atoms with Crippen LogP contribution in [0.2, 0.25) is 0 Å². The van der Waals surface area contributed by atoms with Gasteiger partial charge in [0, 0.05) is 32.2 Å². The lowest BCUT2D eigenvalue weighted by molar-refractivity contribution is -0.134. The summed E-state index contributed by atoms with van der Waals surface area (Å²) in [5, 5.41) is 3.92. The zero-order valence-electron chi connectivity index (χ0n) is 14.7. The molecule has 24 heavy (non-hydrogen) atoms. The predicted octanol–water partition coefficient (Wildman–Crippen LogP) is 1.92. The van der Waals surface area contributed by atoms with E-state index in [1.165, 1.54) is 32.1 Å². The summed E-state index contributed by atoms with van der Waals surface area (Å²) >= 11 is 0. The average Bonchev–Trinajstić information content (AvgIpc) is 3.00. The van der Waals surface area contributed by atoms with Crippen LogP contribution in [0.5, 0.6) is 0 Å². The molecule has 2 aliphatic rings. The first kappa shape index (κ1) is 17.4. The van der Waals surface area contributed by atoms with Gasteiger partial charge in [0.2, 0.25) is 5.91 Å². The number of piperazine rings is 1. The molecule has 1 saturated heterocycles. The fourth-order valence-corrected chi connectivity index (χ4v) is 3.95. The van der Waals surface area contributed by atoms with E-state index in [2.05, 4.69) is 10.1 Å². The van der Waals surface area contributed by atoms with Gasteiger partial charge in [0.05, 0.1) is 18.3 Å². The second kappa shape index (κ2) is 8.12. The Kier molecular flexibility index (Phi) is 5.89. The maximum Gasteiger partial charge on any atom is 0.239 e.